The fourth-order valence-corrected chi connectivity index (χ4v) is 3.34. The number of nitrogens with zero attached hydrogens (tertiary/aromatic N) is 2. The van der Waals surface area contributed by atoms with Gasteiger partial charge in [0, 0.05) is 11.5 Å². The van der Waals surface area contributed by atoms with Crippen LogP contribution < -0.4 is 14.8 Å². The zero-order valence-electron chi connectivity index (χ0n) is 19.0. The van der Waals surface area contributed by atoms with Crippen LogP contribution in [0.4, 0.5) is 5.82 Å². The Kier molecular flexibility index (Phi) is 6.35. The molecule has 0 unspecified atom stereocenters. The Balaban J connectivity index is 1.38. The number of anilines is 1. The molecule has 0 saturated carbocycles. The third-order valence-electron chi connectivity index (χ3n) is 5.07. The molecular weight excluding hydrogens is 422 g/mol. The van der Waals surface area contributed by atoms with Gasteiger partial charge in [-0.1, -0.05) is 45.0 Å². The first kappa shape index (κ1) is 22.4. The predicted octanol–water partition coefficient (Wildman–Crippen LogP) is 3.67. The fourth-order valence-electron chi connectivity index (χ4n) is 3.34. The van der Waals surface area contributed by atoms with Crippen molar-refractivity contribution in [3.63, 3.8) is 0 Å². The van der Waals surface area contributed by atoms with Gasteiger partial charge >= 0.3 is 5.97 Å². The SMILES string of the molecule is CC(C)(C)c1cc(NC(=O)COC(=O)Cc2ccc3c(c2)OCCO3)n(-c2ccccc2)n1. The van der Waals surface area contributed by atoms with Crippen LogP contribution in [0, 0.1) is 0 Å². The number of nitrogens with one attached hydrogen (secondary N) is 1. The molecule has 0 spiro atoms. The summed E-state index contributed by atoms with van der Waals surface area (Å²) in [6.45, 7) is 6.73. The lowest BCUT2D eigenvalue weighted by Crippen LogP contribution is -2.23. The van der Waals surface area contributed by atoms with Gasteiger partial charge in [-0.2, -0.15) is 5.10 Å². The van der Waals surface area contributed by atoms with E-state index in [9.17, 15) is 9.59 Å². The highest BCUT2D eigenvalue weighted by Crippen LogP contribution is 2.31. The summed E-state index contributed by atoms with van der Waals surface area (Å²) in [5.41, 5.74) is 2.17. The smallest absolute Gasteiger partial charge is 0.310 e. The second kappa shape index (κ2) is 9.36. The monoisotopic (exact) mass is 449 g/mol. The number of carbonyl (C=O) groups is 2. The summed E-state index contributed by atoms with van der Waals surface area (Å²) in [5, 5.41) is 7.47. The summed E-state index contributed by atoms with van der Waals surface area (Å²) in [5.74, 6) is 0.825. The molecule has 0 fully saturated rings. The van der Waals surface area contributed by atoms with Crippen molar-refractivity contribution in [1.29, 1.82) is 0 Å². The lowest BCUT2D eigenvalue weighted by Gasteiger charge is -2.18. The Labute approximate surface area is 192 Å². The minimum atomic E-state index is -0.506. The van der Waals surface area contributed by atoms with E-state index in [0.717, 1.165) is 16.9 Å². The second-order valence-electron chi connectivity index (χ2n) is 8.78. The summed E-state index contributed by atoms with van der Waals surface area (Å²) >= 11 is 0. The van der Waals surface area contributed by atoms with E-state index in [0.29, 0.717) is 30.5 Å². The molecular formula is C25H27N3O5. The molecule has 0 saturated heterocycles. The molecule has 8 nitrogen and oxygen atoms in total. The molecule has 3 aromatic rings. The maximum Gasteiger partial charge on any atom is 0.310 e. The molecule has 2 heterocycles. The molecule has 0 bridgehead atoms. The van der Waals surface area contributed by atoms with Crippen LogP contribution in [0.2, 0.25) is 0 Å². The fraction of sp³-hybridized carbons (Fsp3) is 0.320. The average Bonchev–Trinajstić information content (AvgIpc) is 3.22. The number of para-hydroxylation sites is 1. The first-order valence-corrected chi connectivity index (χ1v) is 10.8. The highest BCUT2D eigenvalue weighted by Gasteiger charge is 2.22. The van der Waals surface area contributed by atoms with E-state index in [1.54, 1.807) is 22.9 Å². The summed E-state index contributed by atoms with van der Waals surface area (Å²) < 4.78 is 17.9. The van der Waals surface area contributed by atoms with Crippen LogP contribution in [0.15, 0.2) is 54.6 Å². The molecule has 2 aromatic carbocycles. The number of hydrogen-bond acceptors (Lipinski definition) is 6. The van der Waals surface area contributed by atoms with Gasteiger partial charge in [0.25, 0.3) is 5.91 Å². The highest BCUT2D eigenvalue weighted by molar-refractivity contribution is 5.92. The zero-order valence-corrected chi connectivity index (χ0v) is 19.0. The third-order valence-corrected chi connectivity index (χ3v) is 5.07. The number of aromatic nitrogens is 2. The van der Waals surface area contributed by atoms with Crippen molar-refractivity contribution in [2.75, 3.05) is 25.1 Å². The summed E-state index contributed by atoms with van der Waals surface area (Å²) in [6, 6.07) is 16.7. The average molecular weight is 450 g/mol. The largest absolute Gasteiger partial charge is 0.486 e. The van der Waals surface area contributed by atoms with E-state index < -0.39 is 18.5 Å². The van der Waals surface area contributed by atoms with Gasteiger partial charge in [0.1, 0.15) is 19.0 Å². The minimum Gasteiger partial charge on any atom is -0.486 e. The van der Waals surface area contributed by atoms with E-state index in [-0.39, 0.29) is 11.8 Å². The molecule has 1 N–H and O–H groups in total. The lowest BCUT2D eigenvalue weighted by atomic mass is 9.92. The quantitative estimate of drug-likeness (QED) is 0.578. The highest BCUT2D eigenvalue weighted by atomic mass is 16.6. The van der Waals surface area contributed by atoms with Crippen molar-refractivity contribution in [2.24, 2.45) is 0 Å². The number of hydrogen-bond donors (Lipinski definition) is 1. The predicted molar refractivity (Wildman–Crippen MR) is 123 cm³/mol. The van der Waals surface area contributed by atoms with Crippen LogP contribution in [-0.4, -0.2) is 41.5 Å². The van der Waals surface area contributed by atoms with Gasteiger partial charge in [-0.3, -0.25) is 9.59 Å². The normalized spacial score (nSPS) is 12.8. The van der Waals surface area contributed by atoms with Gasteiger partial charge < -0.3 is 19.5 Å². The van der Waals surface area contributed by atoms with E-state index in [1.165, 1.54) is 0 Å². The molecule has 1 aliphatic heterocycles. The van der Waals surface area contributed by atoms with Crippen molar-refractivity contribution < 1.29 is 23.8 Å². The van der Waals surface area contributed by atoms with Crippen LogP contribution in [0.5, 0.6) is 11.5 Å². The maximum atomic E-state index is 12.5. The van der Waals surface area contributed by atoms with E-state index >= 15 is 0 Å². The molecule has 0 atom stereocenters. The van der Waals surface area contributed by atoms with Gasteiger partial charge in [-0.25, -0.2) is 4.68 Å². The topological polar surface area (TPSA) is 91.7 Å². The molecule has 4 rings (SSSR count). The Morgan fingerprint density at radius 3 is 2.48 bits per heavy atom. The van der Waals surface area contributed by atoms with Crippen LogP contribution in [0.3, 0.4) is 0 Å². The number of amides is 1. The van der Waals surface area contributed by atoms with Crippen molar-refractivity contribution in [3.05, 3.63) is 65.9 Å². The minimum absolute atomic E-state index is 0.0278. The van der Waals surface area contributed by atoms with Gasteiger partial charge in [0.05, 0.1) is 17.8 Å². The zero-order chi connectivity index (χ0) is 23.4. The first-order chi connectivity index (χ1) is 15.8. The summed E-state index contributed by atoms with van der Waals surface area (Å²) in [6.07, 6.45) is 0.0278. The number of esters is 1. The Bertz CT molecular complexity index is 1150. The van der Waals surface area contributed by atoms with E-state index in [4.69, 9.17) is 14.2 Å². The lowest BCUT2D eigenvalue weighted by molar-refractivity contribution is -0.146. The Morgan fingerprint density at radius 2 is 1.76 bits per heavy atom. The number of benzene rings is 2. The van der Waals surface area contributed by atoms with Crippen molar-refractivity contribution in [3.8, 4) is 17.2 Å². The number of rotatable bonds is 6. The van der Waals surface area contributed by atoms with E-state index in [2.05, 4.69) is 31.2 Å². The molecule has 8 heteroatoms. The molecule has 1 amide bonds. The first-order valence-electron chi connectivity index (χ1n) is 10.8. The third kappa shape index (κ3) is 5.52. The molecule has 1 aromatic heterocycles. The van der Waals surface area contributed by atoms with Gasteiger partial charge in [-0.05, 0) is 29.8 Å². The molecule has 172 valence electrons. The van der Waals surface area contributed by atoms with E-state index in [1.807, 2.05) is 36.4 Å². The molecule has 1 aliphatic rings. The van der Waals surface area contributed by atoms with Crippen molar-refractivity contribution in [2.45, 2.75) is 32.6 Å². The van der Waals surface area contributed by atoms with Crippen LogP contribution in [0.1, 0.15) is 32.0 Å². The maximum absolute atomic E-state index is 12.5. The summed E-state index contributed by atoms with van der Waals surface area (Å²) in [4.78, 5) is 24.8. The van der Waals surface area contributed by atoms with Gasteiger partial charge in [-0.15, -0.1) is 0 Å². The number of carbonyl (C=O) groups excluding carboxylic acids is 2. The van der Waals surface area contributed by atoms with Gasteiger partial charge in [0.2, 0.25) is 0 Å². The molecule has 33 heavy (non-hydrogen) atoms. The van der Waals surface area contributed by atoms with Crippen LogP contribution >= 0.6 is 0 Å². The Hall–Kier alpha value is -3.81. The van der Waals surface area contributed by atoms with Crippen LogP contribution in [0.25, 0.3) is 5.69 Å². The second-order valence-corrected chi connectivity index (χ2v) is 8.78. The molecule has 0 aliphatic carbocycles. The summed E-state index contributed by atoms with van der Waals surface area (Å²) in [7, 11) is 0. The van der Waals surface area contributed by atoms with Gasteiger partial charge in [0.15, 0.2) is 18.1 Å². The number of ether oxygens (including phenoxy) is 3. The van der Waals surface area contributed by atoms with Crippen molar-refractivity contribution in [1.82, 2.24) is 9.78 Å². The van der Waals surface area contributed by atoms with Crippen molar-refractivity contribution >= 4 is 17.7 Å². The van der Waals surface area contributed by atoms with Crippen LogP contribution in [-0.2, 0) is 26.2 Å². The Morgan fingerprint density at radius 1 is 1.03 bits per heavy atom. The number of fused-ring (bicyclic) bond motifs is 1. The molecule has 0 radical (unpaired) electrons. The standard InChI is InChI=1S/C25H27N3O5/c1-25(2,3)21-15-22(28(27-21)18-7-5-4-6-8-18)26-23(29)16-33-24(30)14-17-9-10-19-20(13-17)32-12-11-31-19/h4-10,13,15H,11-12,14,16H2,1-3H3,(H,26,29).